The predicted octanol–water partition coefficient (Wildman–Crippen LogP) is 3.82. The Kier molecular flexibility index (Phi) is 2.37. The van der Waals surface area contributed by atoms with Gasteiger partial charge in [-0.3, -0.25) is 0 Å². The van der Waals surface area contributed by atoms with Crippen molar-refractivity contribution in [3.05, 3.63) is 34.3 Å². The highest BCUT2D eigenvalue weighted by molar-refractivity contribution is 9.10. The van der Waals surface area contributed by atoms with Gasteiger partial charge in [-0.15, -0.1) is 0 Å². The average Bonchev–Trinajstić information content (AvgIpc) is 2.84. The molecular weight excluding hydrogens is 238 g/mol. The Hall–Kier alpha value is -0.440. The fraction of sp³-hybridized carbons (Fsp3) is 0.400. The van der Waals surface area contributed by atoms with Crippen molar-refractivity contribution in [1.82, 2.24) is 0 Å². The van der Waals surface area contributed by atoms with Gasteiger partial charge in [-0.05, 0) is 24.0 Å². The zero-order valence-corrected chi connectivity index (χ0v) is 8.47. The van der Waals surface area contributed by atoms with Crippen molar-refractivity contribution >= 4 is 15.9 Å². The first-order chi connectivity index (χ1) is 6.20. The number of hydrogen-bond donors (Lipinski definition) is 0. The molecule has 0 aromatic heterocycles. The number of benzene rings is 1. The number of halogens is 3. The molecule has 0 aliphatic heterocycles. The molecule has 0 amide bonds. The molecule has 1 aliphatic rings. The highest BCUT2D eigenvalue weighted by Crippen LogP contribution is 2.52. The summed E-state index contributed by atoms with van der Waals surface area (Å²) in [5.74, 6) is -0.353. The predicted molar refractivity (Wildman–Crippen MR) is 51.0 cm³/mol. The quantitative estimate of drug-likeness (QED) is 0.745. The van der Waals surface area contributed by atoms with Gasteiger partial charge in [-0.1, -0.05) is 34.1 Å². The first-order valence-corrected chi connectivity index (χ1v) is 5.02. The summed E-state index contributed by atoms with van der Waals surface area (Å²) in [5.41, 5.74) is 1.02. The molecule has 0 nitrogen and oxygen atoms in total. The second-order valence-corrected chi connectivity index (χ2v) is 4.22. The maximum absolute atomic E-state index is 12.3. The molecule has 1 saturated carbocycles. The third kappa shape index (κ3) is 1.75. The fourth-order valence-corrected chi connectivity index (χ4v) is 2.21. The topological polar surface area (TPSA) is 0 Å². The maximum Gasteiger partial charge on any atom is 0.242 e. The van der Waals surface area contributed by atoms with Crippen LogP contribution in [-0.2, 0) is 0 Å². The third-order valence-corrected chi connectivity index (χ3v) is 3.19. The van der Waals surface area contributed by atoms with E-state index in [4.69, 9.17) is 0 Å². The van der Waals surface area contributed by atoms with Crippen LogP contribution in [0.5, 0.6) is 0 Å². The molecule has 0 radical (unpaired) electrons. The Bertz CT molecular complexity index is 312. The van der Waals surface area contributed by atoms with Crippen LogP contribution in [0.4, 0.5) is 8.78 Å². The summed E-state index contributed by atoms with van der Waals surface area (Å²) in [6, 6.07) is 7.60. The monoisotopic (exact) mass is 246 g/mol. The lowest BCUT2D eigenvalue weighted by Crippen LogP contribution is -1.95. The second-order valence-electron chi connectivity index (χ2n) is 3.36. The fourth-order valence-electron chi connectivity index (χ4n) is 1.63. The van der Waals surface area contributed by atoms with E-state index in [2.05, 4.69) is 15.9 Å². The Balaban J connectivity index is 2.16. The van der Waals surface area contributed by atoms with Gasteiger partial charge in [0.25, 0.3) is 0 Å². The van der Waals surface area contributed by atoms with E-state index in [-0.39, 0.29) is 5.92 Å². The molecule has 1 aromatic carbocycles. The molecule has 0 spiro atoms. The van der Waals surface area contributed by atoms with E-state index in [1.807, 2.05) is 24.3 Å². The second kappa shape index (κ2) is 3.37. The smallest absolute Gasteiger partial charge is 0.210 e. The van der Waals surface area contributed by atoms with Crippen LogP contribution >= 0.6 is 15.9 Å². The SMILES string of the molecule is FC(F)[C@@H]1C[C@H]1c1ccccc1Br. The minimum absolute atomic E-state index is 0.0653. The standard InChI is InChI=1S/C10H9BrF2/c11-9-4-2-1-3-6(9)7-5-8(7)10(12)13/h1-4,7-8,10H,5H2/t7-,8+/m0/s1. The highest BCUT2D eigenvalue weighted by Gasteiger charge is 2.45. The first kappa shape index (κ1) is 9.13. The van der Waals surface area contributed by atoms with Gasteiger partial charge in [0.1, 0.15) is 0 Å². The summed E-state index contributed by atoms with van der Waals surface area (Å²) >= 11 is 3.37. The van der Waals surface area contributed by atoms with Gasteiger partial charge in [0.2, 0.25) is 6.43 Å². The minimum atomic E-state index is -2.17. The van der Waals surface area contributed by atoms with Crippen LogP contribution in [0.25, 0.3) is 0 Å². The van der Waals surface area contributed by atoms with E-state index in [1.54, 1.807) is 0 Å². The van der Waals surface area contributed by atoms with Crippen LogP contribution in [0.15, 0.2) is 28.7 Å². The van der Waals surface area contributed by atoms with E-state index >= 15 is 0 Å². The van der Waals surface area contributed by atoms with E-state index in [9.17, 15) is 8.78 Å². The zero-order chi connectivity index (χ0) is 9.42. The van der Waals surface area contributed by atoms with Gasteiger partial charge in [0.05, 0.1) is 0 Å². The third-order valence-electron chi connectivity index (χ3n) is 2.47. The van der Waals surface area contributed by atoms with Gasteiger partial charge in [0.15, 0.2) is 0 Å². The van der Waals surface area contributed by atoms with Crippen LogP contribution in [0, 0.1) is 5.92 Å². The summed E-state index contributed by atoms with van der Waals surface area (Å²) in [5, 5.41) is 0. The Labute approximate surface area is 84.1 Å². The highest BCUT2D eigenvalue weighted by atomic mass is 79.9. The molecule has 2 atom stereocenters. The van der Waals surface area contributed by atoms with Gasteiger partial charge >= 0.3 is 0 Å². The lowest BCUT2D eigenvalue weighted by Gasteiger charge is -2.02. The molecule has 0 N–H and O–H groups in total. The van der Waals surface area contributed by atoms with Crippen LogP contribution < -0.4 is 0 Å². The molecule has 0 heterocycles. The molecule has 0 unspecified atom stereocenters. The average molecular weight is 247 g/mol. The maximum atomic E-state index is 12.3. The number of hydrogen-bond acceptors (Lipinski definition) is 0. The number of alkyl halides is 2. The van der Waals surface area contributed by atoms with Crippen LogP contribution in [-0.4, -0.2) is 6.43 Å². The molecule has 2 rings (SSSR count). The normalized spacial score (nSPS) is 26.5. The van der Waals surface area contributed by atoms with E-state index in [0.717, 1.165) is 10.0 Å². The number of rotatable bonds is 2. The molecule has 13 heavy (non-hydrogen) atoms. The molecule has 1 aliphatic carbocycles. The van der Waals surface area contributed by atoms with Crippen molar-refractivity contribution in [3.8, 4) is 0 Å². The van der Waals surface area contributed by atoms with Crippen molar-refractivity contribution in [2.24, 2.45) is 5.92 Å². The van der Waals surface area contributed by atoms with Crippen LogP contribution in [0.3, 0.4) is 0 Å². The van der Waals surface area contributed by atoms with E-state index < -0.39 is 12.3 Å². The van der Waals surface area contributed by atoms with Crippen molar-refractivity contribution in [3.63, 3.8) is 0 Å². The Morgan fingerprint density at radius 3 is 2.54 bits per heavy atom. The molecule has 70 valence electrons. The Morgan fingerprint density at radius 1 is 1.31 bits per heavy atom. The van der Waals surface area contributed by atoms with Crippen LogP contribution in [0.2, 0.25) is 0 Å². The zero-order valence-electron chi connectivity index (χ0n) is 6.88. The van der Waals surface area contributed by atoms with Crippen molar-refractivity contribution in [2.75, 3.05) is 0 Å². The van der Waals surface area contributed by atoms with Crippen molar-refractivity contribution < 1.29 is 8.78 Å². The lowest BCUT2D eigenvalue weighted by atomic mass is 10.1. The van der Waals surface area contributed by atoms with E-state index in [1.165, 1.54) is 0 Å². The summed E-state index contributed by atoms with van der Waals surface area (Å²) in [6.07, 6.45) is -1.54. The summed E-state index contributed by atoms with van der Waals surface area (Å²) in [7, 11) is 0. The molecule has 3 heteroatoms. The van der Waals surface area contributed by atoms with Gasteiger partial charge in [-0.2, -0.15) is 0 Å². The molecule has 0 saturated heterocycles. The summed E-state index contributed by atoms with van der Waals surface area (Å²) in [4.78, 5) is 0. The molecular formula is C10H9BrF2. The Morgan fingerprint density at radius 2 is 2.00 bits per heavy atom. The minimum Gasteiger partial charge on any atom is -0.210 e. The van der Waals surface area contributed by atoms with Crippen LogP contribution in [0.1, 0.15) is 17.9 Å². The van der Waals surface area contributed by atoms with Gasteiger partial charge < -0.3 is 0 Å². The lowest BCUT2D eigenvalue weighted by molar-refractivity contribution is 0.120. The first-order valence-electron chi connectivity index (χ1n) is 4.22. The van der Waals surface area contributed by atoms with Gasteiger partial charge in [-0.25, -0.2) is 8.78 Å². The summed E-state index contributed by atoms with van der Waals surface area (Å²) < 4.78 is 25.5. The molecule has 1 fully saturated rings. The molecule has 0 bridgehead atoms. The van der Waals surface area contributed by atoms with Crippen molar-refractivity contribution in [2.45, 2.75) is 18.8 Å². The largest absolute Gasteiger partial charge is 0.242 e. The van der Waals surface area contributed by atoms with E-state index in [0.29, 0.717) is 6.42 Å². The van der Waals surface area contributed by atoms with Crippen molar-refractivity contribution in [1.29, 1.82) is 0 Å². The molecule has 1 aromatic rings. The van der Waals surface area contributed by atoms with Gasteiger partial charge in [0, 0.05) is 10.4 Å². The summed E-state index contributed by atoms with van der Waals surface area (Å²) in [6.45, 7) is 0.